The van der Waals surface area contributed by atoms with Gasteiger partial charge < -0.3 is 14.8 Å². The summed E-state index contributed by atoms with van der Waals surface area (Å²) in [5.41, 5.74) is 1.72. The van der Waals surface area contributed by atoms with Gasteiger partial charge in [0.25, 0.3) is 5.91 Å². The van der Waals surface area contributed by atoms with Crippen molar-refractivity contribution in [2.75, 3.05) is 5.75 Å². The average Bonchev–Trinajstić information content (AvgIpc) is 3.50. The number of nitrogens with one attached hydrogen (secondary N) is 1. The molecule has 3 atom stereocenters. The van der Waals surface area contributed by atoms with E-state index in [1.165, 1.54) is 16.7 Å². The van der Waals surface area contributed by atoms with Gasteiger partial charge in [-0.05, 0) is 61.1 Å². The number of fused-ring (bicyclic) bond motifs is 2. The Morgan fingerprint density at radius 1 is 1.04 bits per heavy atom. The number of rotatable bonds is 8. The Hall–Kier alpha value is -4.75. The molecule has 2 aliphatic heterocycles. The van der Waals surface area contributed by atoms with Crippen LogP contribution in [0.4, 0.5) is 4.79 Å². The number of ether oxygens (including phenoxy) is 2. The van der Waals surface area contributed by atoms with E-state index in [2.05, 4.69) is 15.4 Å². The number of carbonyl (C=O) groups is 3. The van der Waals surface area contributed by atoms with Crippen LogP contribution >= 0.6 is 11.8 Å². The molecule has 0 saturated carbocycles. The number of aromatic nitrogens is 3. The molecular weight excluding hydrogens is 627 g/mol. The van der Waals surface area contributed by atoms with Crippen molar-refractivity contribution in [1.29, 1.82) is 0 Å². The van der Waals surface area contributed by atoms with Crippen molar-refractivity contribution in [1.82, 2.24) is 24.8 Å². The zero-order valence-corrected chi connectivity index (χ0v) is 26.9. The molecule has 0 aliphatic carbocycles. The summed E-state index contributed by atoms with van der Waals surface area (Å²) in [6.45, 7) is 5.10. The van der Waals surface area contributed by atoms with Crippen LogP contribution in [0.5, 0.6) is 0 Å². The second kappa shape index (κ2) is 12.9. The van der Waals surface area contributed by atoms with Gasteiger partial charge in [-0.25, -0.2) is 19.1 Å². The number of amides is 2. The van der Waals surface area contributed by atoms with Gasteiger partial charge in [-0.15, -0.1) is 0 Å². The summed E-state index contributed by atoms with van der Waals surface area (Å²) in [6.07, 6.45) is 3.45. The summed E-state index contributed by atoms with van der Waals surface area (Å²) < 4.78 is 26.7. The zero-order valence-electron chi connectivity index (χ0n) is 25.2. The fourth-order valence-corrected chi connectivity index (χ4v) is 7.45. The summed E-state index contributed by atoms with van der Waals surface area (Å²) in [4.78, 5) is 45.6. The number of β-lactam (4-membered cyclic amide) rings is 1. The third-order valence-corrected chi connectivity index (χ3v) is 9.49. The molecule has 0 bridgehead atoms. The fourth-order valence-electron chi connectivity index (χ4n) is 5.15. The number of thioether (sulfide) groups is 1. The number of esters is 1. The average molecular weight is 658 g/mol. The van der Waals surface area contributed by atoms with E-state index in [-0.39, 0.29) is 11.4 Å². The molecule has 1 saturated heterocycles. The third kappa shape index (κ3) is 6.60. The Balaban J connectivity index is 1.33. The molecule has 0 radical (unpaired) electrons. The fraction of sp³-hybridized carbons (Fsp3) is 0.242. The molecule has 1 N–H and O–H groups in total. The second-order valence-electron chi connectivity index (χ2n) is 11.6. The van der Waals surface area contributed by atoms with Gasteiger partial charge in [-0.2, -0.15) is 5.10 Å². The number of carbonyl (C=O) groups excluding carboxylic acids is 3. The maximum Gasteiger partial charge on any atom is 0.408 e. The van der Waals surface area contributed by atoms with E-state index in [0.29, 0.717) is 16.2 Å². The van der Waals surface area contributed by atoms with Crippen molar-refractivity contribution < 1.29 is 28.1 Å². The first-order chi connectivity index (χ1) is 22.1. The minimum absolute atomic E-state index is 0.0245. The summed E-state index contributed by atoms with van der Waals surface area (Å²) in [6, 6.07) is 21.1. The summed E-state index contributed by atoms with van der Waals surface area (Å²) in [5, 5.41) is 8.44. The lowest BCUT2D eigenvalue weighted by atomic mass is 10.0. The quantitative estimate of drug-likeness (QED) is 0.162. The van der Waals surface area contributed by atoms with Gasteiger partial charge in [0.05, 0.1) is 16.6 Å². The van der Waals surface area contributed by atoms with E-state index in [4.69, 9.17) is 9.47 Å². The largest absolute Gasteiger partial charge is 0.448 e. The highest BCUT2D eigenvalue weighted by Gasteiger charge is 2.57. The highest BCUT2D eigenvalue weighted by molar-refractivity contribution is 8.02. The van der Waals surface area contributed by atoms with Gasteiger partial charge in [0.2, 0.25) is 0 Å². The molecule has 11 nitrogen and oxygen atoms in total. The summed E-state index contributed by atoms with van der Waals surface area (Å²) in [7, 11) is -1.65. The van der Waals surface area contributed by atoms with E-state index in [1.54, 1.807) is 49.2 Å². The second-order valence-corrected chi connectivity index (χ2v) is 14.0. The number of alkyl carbamates (subject to hydrolysis) is 1. The number of hydrogen-bond acceptors (Lipinski definition) is 9. The standard InChI is InChI=1S/C33H31N5O6S2/c1-33(2,3)44-32(41)35-26-29(39)38-27(31(40)43-28(21-10-6-4-7-11-21)22-12-8-5-9-13-22)23(20-46(42)30(26)38)16-19-45-25-15-14-24-34-17-18-37(24)36-25/h4-19,26,28,30H,20H2,1-3H3,(H,35,41)/b19-16+/t26-,30-,46?/m1/s1. The van der Waals surface area contributed by atoms with Crippen LogP contribution in [-0.4, -0.2) is 64.4 Å². The lowest BCUT2D eigenvalue weighted by Gasteiger charge is -2.49. The third-order valence-electron chi connectivity index (χ3n) is 7.14. The van der Waals surface area contributed by atoms with Crippen LogP contribution < -0.4 is 5.32 Å². The molecule has 1 unspecified atom stereocenters. The van der Waals surface area contributed by atoms with Crippen LogP contribution in [-0.2, 0) is 29.9 Å². The first kappa shape index (κ1) is 31.2. The maximum absolute atomic E-state index is 14.1. The van der Waals surface area contributed by atoms with Gasteiger partial charge in [-0.1, -0.05) is 72.4 Å². The van der Waals surface area contributed by atoms with Crippen LogP contribution in [0.2, 0.25) is 0 Å². The SMILES string of the molecule is CC(C)(C)OC(=O)N[C@@H]1C(=O)N2C(C(=O)OC(c3ccccc3)c3ccccc3)=C(/C=C/Sc3ccc4nccn4n3)CS(=O)[C@H]12. The lowest BCUT2D eigenvalue weighted by Crippen LogP contribution is -2.73. The van der Waals surface area contributed by atoms with Crippen molar-refractivity contribution >= 4 is 46.2 Å². The predicted molar refractivity (Wildman–Crippen MR) is 173 cm³/mol. The van der Waals surface area contributed by atoms with Gasteiger partial charge in [0, 0.05) is 12.4 Å². The molecule has 2 amide bonds. The predicted octanol–water partition coefficient (Wildman–Crippen LogP) is 4.75. The molecular formula is C33H31N5O6S2. The Labute approximate surface area is 272 Å². The van der Waals surface area contributed by atoms with Crippen molar-refractivity contribution in [2.45, 2.75) is 48.9 Å². The first-order valence-corrected chi connectivity index (χ1v) is 16.7. The van der Waals surface area contributed by atoms with Crippen molar-refractivity contribution in [3.8, 4) is 0 Å². The molecule has 1 fully saturated rings. The molecule has 4 aromatic rings. The van der Waals surface area contributed by atoms with Crippen LogP contribution in [0.3, 0.4) is 0 Å². The van der Waals surface area contributed by atoms with Crippen molar-refractivity contribution in [3.63, 3.8) is 0 Å². The summed E-state index contributed by atoms with van der Waals surface area (Å²) in [5.74, 6) is -1.39. The molecule has 2 aromatic carbocycles. The number of hydrogen-bond donors (Lipinski definition) is 1. The topological polar surface area (TPSA) is 132 Å². The minimum Gasteiger partial charge on any atom is -0.448 e. The molecule has 4 heterocycles. The Morgan fingerprint density at radius 3 is 2.37 bits per heavy atom. The Kier molecular flexibility index (Phi) is 8.78. The monoisotopic (exact) mass is 657 g/mol. The van der Waals surface area contributed by atoms with E-state index < -0.39 is 51.9 Å². The lowest BCUT2D eigenvalue weighted by molar-refractivity contribution is -0.153. The molecule has 13 heteroatoms. The van der Waals surface area contributed by atoms with E-state index in [9.17, 15) is 18.6 Å². The molecule has 2 aromatic heterocycles. The number of imidazole rings is 1. The van der Waals surface area contributed by atoms with Crippen molar-refractivity contribution in [2.24, 2.45) is 0 Å². The van der Waals surface area contributed by atoms with Crippen molar-refractivity contribution in [3.05, 3.63) is 119 Å². The van der Waals surface area contributed by atoms with Gasteiger partial charge in [-0.3, -0.25) is 13.9 Å². The Bertz CT molecular complexity index is 1830. The summed E-state index contributed by atoms with van der Waals surface area (Å²) >= 11 is 1.29. The van der Waals surface area contributed by atoms with Gasteiger partial charge in [0.15, 0.2) is 11.8 Å². The van der Waals surface area contributed by atoms with Crippen LogP contribution in [0.15, 0.2) is 113 Å². The minimum atomic E-state index is -1.65. The van der Waals surface area contributed by atoms with Crippen LogP contribution in [0.1, 0.15) is 38.0 Å². The van der Waals surface area contributed by atoms with Gasteiger partial charge >= 0.3 is 12.1 Å². The smallest absolute Gasteiger partial charge is 0.408 e. The number of allylic oxidation sites excluding steroid dienone is 1. The van der Waals surface area contributed by atoms with Crippen LogP contribution in [0.25, 0.3) is 5.65 Å². The molecule has 6 rings (SSSR count). The molecule has 2 aliphatic rings. The molecule has 236 valence electrons. The highest BCUT2D eigenvalue weighted by atomic mass is 32.2. The molecule has 46 heavy (non-hydrogen) atoms. The Morgan fingerprint density at radius 2 is 1.72 bits per heavy atom. The maximum atomic E-state index is 14.1. The number of benzene rings is 2. The molecule has 0 spiro atoms. The van der Waals surface area contributed by atoms with E-state index in [1.807, 2.05) is 72.8 Å². The first-order valence-electron chi connectivity index (χ1n) is 14.5. The van der Waals surface area contributed by atoms with E-state index in [0.717, 1.165) is 11.1 Å². The number of nitrogens with zero attached hydrogens (tertiary/aromatic N) is 4. The van der Waals surface area contributed by atoms with E-state index >= 15 is 0 Å². The van der Waals surface area contributed by atoms with Gasteiger partial charge in [0.1, 0.15) is 27.7 Å². The normalized spacial score (nSPS) is 19.7. The highest BCUT2D eigenvalue weighted by Crippen LogP contribution is 2.38. The van der Waals surface area contributed by atoms with Crippen LogP contribution in [0, 0.1) is 0 Å². The zero-order chi connectivity index (χ0) is 32.4.